The molecule has 0 nitrogen and oxygen atoms in total. The molecule has 0 aromatic carbocycles. The van der Waals surface area contributed by atoms with Crippen LogP contribution in [0.2, 0.25) is 0 Å². The molecular weight excluding hydrogens is 260 g/mol. The van der Waals surface area contributed by atoms with Gasteiger partial charge in [-0.3, -0.25) is 0 Å². The van der Waals surface area contributed by atoms with Crippen LogP contribution < -0.4 is 0 Å². The lowest BCUT2D eigenvalue weighted by molar-refractivity contribution is 0.125. The van der Waals surface area contributed by atoms with Crippen molar-refractivity contribution in [2.75, 3.05) is 0 Å². The highest BCUT2D eigenvalue weighted by Crippen LogP contribution is 2.56. The van der Waals surface area contributed by atoms with Crippen molar-refractivity contribution in [3.05, 3.63) is 34.4 Å². The minimum absolute atomic E-state index is 0.310. The van der Waals surface area contributed by atoms with Gasteiger partial charge in [0.25, 0.3) is 0 Å². The van der Waals surface area contributed by atoms with E-state index in [2.05, 4.69) is 59.9 Å². The van der Waals surface area contributed by atoms with Gasteiger partial charge < -0.3 is 0 Å². The van der Waals surface area contributed by atoms with Crippen LogP contribution in [0.3, 0.4) is 0 Å². The molecule has 1 atom stereocenters. The molecule has 2 rings (SSSR count). The quantitative estimate of drug-likeness (QED) is 0.524. The molecule has 2 aliphatic rings. The Labute approximate surface area is 108 Å². The van der Waals surface area contributed by atoms with E-state index >= 15 is 0 Å². The Morgan fingerprint density at radius 2 is 2.06 bits per heavy atom. The summed E-state index contributed by atoms with van der Waals surface area (Å²) in [6, 6.07) is 0. The molecule has 2 aliphatic carbocycles. The van der Waals surface area contributed by atoms with Crippen molar-refractivity contribution in [2.24, 2.45) is 10.8 Å². The average Bonchev–Trinajstić information content (AvgIpc) is 2.27. The van der Waals surface area contributed by atoms with Crippen molar-refractivity contribution in [3.8, 4) is 0 Å². The molecule has 0 aliphatic heterocycles. The van der Waals surface area contributed by atoms with Gasteiger partial charge in [0.05, 0.1) is 0 Å². The summed E-state index contributed by atoms with van der Waals surface area (Å²) in [5.41, 5.74) is 3.71. The van der Waals surface area contributed by atoms with Gasteiger partial charge in [-0.2, -0.15) is 0 Å². The molecule has 0 aromatic rings. The largest absolute Gasteiger partial charge is 0.0847 e. The number of hydrogen-bond donors (Lipinski definition) is 0. The number of halogens is 1. The van der Waals surface area contributed by atoms with E-state index < -0.39 is 0 Å². The first-order valence-electron chi connectivity index (χ1n) is 6.18. The van der Waals surface area contributed by atoms with Gasteiger partial charge in [0.15, 0.2) is 0 Å². The van der Waals surface area contributed by atoms with Crippen molar-refractivity contribution in [1.29, 1.82) is 0 Å². The molecule has 0 N–H and O–H groups in total. The van der Waals surface area contributed by atoms with Crippen LogP contribution >= 0.6 is 15.9 Å². The van der Waals surface area contributed by atoms with E-state index in [0.717, 1.165) is 0 Å². The highest BCUT2D eigenvalue weighted by molar-refractivity contribution is 9.11. The third kappa shape index (κ3) is 1.73. The lowest BCUT2D eigenvalue weighted by Crippen LogP contribution is -2.40. The van der Waals surface area contributed by atoms with Crippen LogP contribution in [-0.2, 0) is 0 Å². The minimum atomic E-state index is 0.310. The summed E-state index contributed by atoms with van der Waals surface area (Å²) >= 11 is 3.44. The first-order chi connectivity index (χ1) is 7.52. The maximum absolute atomic E-state index is 3.44. The first kappa shape index (κ1) is 12.2. The van der Waals surface area contributed by atoms with E-state index in [-0.39, 0.29) is 0 Å². The Morgan fingerprint density at radius 1 is 1.31 bits per heavy atom. The fourth-order valence-electron chi connectivity index (χ4n) is 3.33. The molecule has 0 radical (unpaired) electrons. The van der Waals surface area contributed by atoms with Gasteiger partial charge in [0, 0.05) is 5.41 Å². The highest BCUT2D eigenvalue weighted by atomic mass is 79.9. The summed E-state index contributed by atoms with van der Waals surface area (Å²) in [4.78, 5) is 2.06. The van der Waals surface area contributed by atoms with Crippen molar-refractivity contribution < 1.29 is 0 Å². The topological polar surface area (TPSA) is 0 Å². The smallest absolute Gasteiger partial charge is 0.0145 e. The summed E-state index contributed by atoms with van der Waals surface area (Å²) < 4.78 is 0. The van der Waals surface area contributed by atoms with Crippen LogP contribution in [-0.4, -0.2) is 0 Å². The third-order valence-corrected chi connectivity index (χ3v) is 5.25. The highest BCUT2D eigenvalue weighted by Gasteiger charge is 2.46. The second-order valence-electron chi connectivity index (χ2n) is 5.80. The van der Waals surface area contributed by atoms with Gasteiger partial charge in [-0.05, 0) is 48.6 Å². The SMILES string of the molecule is CC1=CCCC(C)(C)C12C=CC(=CBr)CC2. The maximum Gasteiger partial charge on any atom is 0.0145 e. The van der Waals surface area contributed by atoms with Gasteiger partial charge in [-0.15, -0.1) is 0 Å². The van der Waals surface area contributed by atoms with E-state index in [4.69, 9.17) is 0 Å². The molecule has 0 heterocycles. The van der Waals surface area contributed by atoms with E-state index in [1.54, 1.807) is 5.57 Å². The number of allylic oxidation sites excluding steroid dienone is 5. The van der Waals surface area contributed by atoms with Crippen LogP contribution in [0.5, 0.6) is 0 Å². The van der Waals surface area contributed by atoms with E-state index in [9.17, 15) is 0 Å². The zero-order chi connectivity index (χ0) is 11.8. The van der Waals surface area contributed by atoms with Crippen LogP contribution in [0.4, 0.5) is 0 Å². The van der Waals surface area contributed by atoms with Crippen LogP contribution in [0.25, 0.3) is 0 Å². The number of hydrogen-bond acceptors (Lipinski definition) is 0. The second-order valence-corrected chi connectivity index (χ2v) is 6.26. The molecular formula is C15H21Br. The van der Waals surface area contributed by atoms with Crippen LogP contribution in [0.1, 0.15) is 46.5 Å². The van der Waals surface area contributed by atoms with E-state index in [0.29, 0.717) is 10.8 Å². The Balaban J connectivity index is 2.43. The van der Waals surface area contributed by atoms with Gasteiger partial charge in [-0.1, -0.05) is 53.6 Å². The molecule has 1 spiro atoms. The minimum Gasteiger partial charge on any atom is -0.0847 e. The van der Waals surface area contributed by atoms with Gasteiger partial charge in [0.1, 0.15) is 0 Å². The Kier molecular flexibility index (Phi) is 3.18. The molecule has 0 fully saturated rings. The van der Waals surface area contributed by atoms with Crippen molar-refractivity contribution in [2.45, 2.75) is 46.5 Å². The molecule has 0 saturated heterocycles. The lowest BCUT2D eigenvalue weighted by atomic mass is 9.54. The zero-order valence-corrected chi connectivity index (χ0v) is 12.1. The Hall–Kier alpha value is -0.300. The lowest BCUT2D eigenvalue weighted by Gasteiger charge is -2.50. The maximum atomic E-state index is 3.44. The zero-order valence-electron chi connectivity index (χ0n) is 10.5. The van der Waals surface area contributed by atoms with Crippen LogP contribution in [0.15, 0.2) is 34.4 Å². The normalized spacial score (nSPS) is 35.5. The van der Waals surface area contributed by atoms with E-state index in [1.165, 1.54) is 31.3 Å². The first-order valence-corrected chi connectivity index (χ1v) is 7.09. The fourth-order valence-corrected chi connectivity index (χ4v) is 3.71. The number of rotatable bonds is 0. The summed E-state index contributed by atoms with van der Waals surface area (Å²) in [6.45, 7) is 7.17. The third-order valence-electron chi connectivity index (χ3n) is 4.66. The monoisotopic (exact) mass is 280 g/mol. The summed E-state index contributed by atoms with van der Waals surface area (Å²) in [5.74, 6) is 0. The Bertz CT molecular complexity index is 371. The molecule has 1 unspecified atom stereocenters. The molecule has 0 amide bonds. The summed E-state index contributed by atoms with van der Waals surface area (Å²) in [5, 5.41) is 0. The Morgan fingerprint density at radius 3 is 2.56 bits per heavy atom. The van der Waals surface area contributed by atoms with Gasteiger partial charge in [-0.25, -0.2) is 0 Å². The average molecular weight is 281 g/mol. The van der Waals surface area contributed by atoms with Crippen molar-refractivity contribution in [1.82, 2.24) is 0 Å². The molecule has 1 heteroatoms. The molecule has 0 bridgehead atoms. The fraction of sp³-hybridized carbons (Fsp3) is 0.600. The predicted molar refractivity (Wildman–Crippen MR) is 74.6 cm³/mol. The molecule has 16 heavy (non-hydrogen) atoms. The predicted octanol–water partition coefficient (Wildman–Crippen LogP) is 5.37. The van der Waals surface area contributed by atoms with Crippen molar-refractivity contribution >= 4 is 15.9 Å². The summed E-state index contributed by atoms with van der Waals surface area (Å²) in [7, 11) is 0. The summed E-state index contributed by atoms with van der Waals surface area (Å²) in [6.07, 6.45) is 12.2. The van der Waals surface area contributed by atoms with Gasteiger partial charge >= 0.3 is 0 Å². The molecule has 0 saturated carbocycles. The van der Waals surface area contributed by atoms with Gasteiger partial charge in [0.2, 0.25) is 0 Å². The standard InChI is InChI=1S/C15H21Br/c1-12-5-4-8-14(2,3)15(12)9-6-13(11-16)7-10-15/h5-6,9,11H,4,7-8,10H2,1-3H3. The van der Waals surface area contributed by atoms with Crippen LogP contribution in [0, 0.1) is 10.8 Å². The second kappa shape index (κ2) is 4.18. The molecule has 0 aromatic heterocycles. The van der Waals surface area contributed by atoms with E-state index in [1.807, 2.05) is 0 Å². The van der Waals surface area contributed by atoms with Crippen molar-refractivity contribution in [3.63, 3.8) is 0 Å². The molecule has 88 valence electrons.